The molecule has 0 radical (unpaired) electrons. The second-order valence-corrected chi connectivity index (χ2v) is 5.88. The van der Waals surface area contributed by atoms with Crippen LogP contribution in [0.15, 0.2) is 24.3 Å². The van der Waals surface area contributed by atoms with Crippen LogP contribution < -0.4 is 4.74 Å². The van der Waals surface area contributed by atoms with Crippen LogP contribution in [0.4, 0.5) is 4.39 Å². The lowest BCUT2D eigenvalue weighted by Crippen LogP contribution is -2.26. The highest BCUT2D eigenvalue weighted by molar-refractivity contribution is 5.98. The summed E-state index contributed by atoms with van der Waals surface area (Å²) in [5, 5.41) is 4.47. The van der Waals surface area contributed by atoms with Gasteiger partial charge in [-0.1, -0.05) is 25.5 Å². The van der Waals surface area contributed by atoms with E-state index >= 15 is 0 Å². The first-order chi connectivity index (χ1) is 11.7. The molecule has 0 fully saturated rings. The van der Waals surface area contributed by atoms with Gasteiger partial charge in [-0.2, -0.15) is 5.10 Å². The number of esters is 1. The Hall–Kier alpha value is -2.37. The van der Waals surface area contributed by atoms with Gasteiger partial charge in [-0.05, 0) is 25.5 Å². The van der Waals surface area contributed by atoms with Gasteiger partial charge in [0, 0.05) is 11.5 Å². The van der Waals surface area contributed by atoms with Crippen LogP contribution in [0.3, 0.4) is 0 Å². The maximum absolute atomic E-state index is 14.2. The van der Waals surface area contributed by atoms with Gasteiger partial charge in [0.2, 0.25) is 5.88 Å². The molecule has 6 heteroatoms. The first kappa shape index (κ1) is 16.5. The molecule has 0 saturated carbocycles. The number of fused-ring (bicyclic) bond motifs is 1. The zero-order valence-corrected chi connectivity index (χ0v) is 13.9. The lowest BCUT2D eigenvalue weighted by atomic mass is 10.0. The summed E-state index contributed by atoms with van der Waals surface area (Å²) < 4.78 is 26.8. The molecule has 2 heterocycles. The van der Waals surface area contributed by atoms with Crippen LogP contribution in [-0.2, 0) is 11.3 Å². The quantitative estimate of drug-likeness (QED) is 0.784. The highest BCUT2D eigenvalue weighted by atomic mass is 19.1. The van der Waals surface area contributed by atoms with Crippen molar-refractivity contribution in [1.82, 2.24) is 9.78 Å². The van der Waals surface area contributed by atoms with Gasteiger partial charge in [0.15, 0.2) is 0 Å². The van der Waals surface area contributed by atoms with Gasteiger partial charge in [0.05, 0.1) is 19.8 Å². The normalized spacial score (nSPS) is 16.4. The third-order valence-electron chi connectivity index (χ3n) is 4.10. The second-order valence-electron chi connectivity index (χ2n) is 5.88. The smallest absolute Gasteiger partial charge is 0.345 e. The van der Waals surface area contributed by atoms with Gasteiger partial charge in [-0.25, -0.2) is 13.9 Å². The number of hydrogen-bond donors (Lipinski definition) is 0. The van der Waals surface area contributed by atoms with Crippen molar-refractivity contribution in [2.75, 3.05) is 13.2 Å². The van der Waals surface area contributed by atoms with Crippen LogP contribution >= 0.6 is 0 Å². The van der Waals surface area contributed by atoms with E-state index in [4.69, 9.17) is 9.47 Å². The molecule has 0 bridgehead atoms. The Morgan fingerprint density at radius 1 is 1.42 bits per heavy atom. The van der Waals surface area contributed by atoms with Gasteiger partial charge < -0.3 is 9.47 Å². The summed E-state index contributed by atoms with van der Waals surface area (Å²) in [5.41, 5.74) is 0.758. The first-order valence-corrected chi connectivity index (χ1v) is 8.31. The van der Waals surface area contributed by atoms with Crippen molar-refractivity contribution in [1.29, 1.82) is 0 Å². The standard InChI is InChI=1S/C18H21FN2O3/c1-3-7-12-10-21-17(24-11-12)15(18(22)23-4-2)16(20-21)13-8-5-6-9-14(13)19/h5-6,8-9,12H,3-4,7,10-11H2,1-2H3. The average molecular weight is 332 g/mol. The van der Waals surface area contributed by atoms with Crippen molar-refractivity contribution >= 4 is 5.97 Å². The Morgan fingerprint density at radius 3 is 2.92 bits per heavy atom. The summed E-state index contributed by atoms with van der Waals surface area (Å²) in [7, 11) is 0. The number of carbonyl (C=O) groups excluding carboxylic acids is 1. The Balaban J connectivity index is 2.08. The molecule has 0 spiro atoms. The Morgan fingerprint density at radius 2 is 2.21 bits per heavy atom. The number of ether oxygens (including phenoxy) is 2. The summed E-state index contributed by atoms with van der Waals surface area (Å²) in [5.74, 6) is -0.250. The van der Waals surface area contributed by atoms with Crippen molar-refractivity contribution in [3.63, 3.8) is 0 Å². The van der Waals surface area contributed by atoms with E-state index in [2.05, 4.69) is 12.0 Å². The lowest BCUT2D eigenvalue weighted by Gasteiger charge is -2.24. The molecular weight excluding hydrogens is 311 g/mol. The fourth-order valence-electron chi connectivity index (χ4n) is 3.02. The molecule has 1 atom stereocenters. The molecule has 1 unspecified atom stereocenters. The molecular formula is C18H21FN2O3. The van der Waals surface area contributed by atoms with E-state index in [1.165, 1.54) is 6.07 Å². The van der Waals surface area contributed by atoms with E-state index in [-0.39, 0.29) is 23.4 Å². The molecule has 1 aromatic carbocycles. The van der Waals surface area contributed by atoms with Gasteiger partial charge >= 0.3 is 5.97 Å². The van der Waals surface area contributed by atoms with E-state index < -0.39 is 11.8 Å². The number of benzene rings is 1. The maximum atomic E-state index is 14.2. The van der Waals surface area contributed by atoms with Crippen molar-refractivity contribution in [3.05, 3.63) is 35.6 Å². The zero-order valence-electron chi connectivity index (χ0n) is 13.9. The molecule has 128 valence electrons. The molecule has 1 aromatic heterocycles. The molecule has 0 aliphatic carbocycles. The van der Waals surface area contributed by atoms with Crippen LogP contribution in [0.1, 0.15) is 37.0 Å². The van der Waals surface area contributed by atoms with Crippen LogP contribution in [0.2, 0.25) is 0 Å². The van der Waals surface area contributed by atoms with Crippen molar-refractivity contribution in [2.45, 2.75) is 33.2 Å². The summed E-state index contributed by atoms with van der Waals surface area (Å²) in [6.07, 6.45) is 2.07. The maximum Gasteiger partial charge on any atom is 0.345 e. The minimum Gasteiger partial charge on any atom is -0.477 e. The van der Waals surface area contributed by atoms with Crippen LogP contribution in [0.5, 0.6) is 5.88 Å². The van der Waals surface area contributed by atoms with Gasteiger partial charge in [0.1, 0.15) is 17.1 Å². The van der Waals surface area contributed by atoms with Crippen molar-refractivity contribution < 1.29 is 18.7 Å². The van der Waals surface area contributed by atoms with E-state index in [0.717, 1.165) is 12.8 Å². The molecule has 0 amide bonds. The highest BCUT2D eigenvalue weighted by Gasteiger charge is 2.32. The zero-order chi connectivity index (χ0) is 17.1. The Kier molecular flexibility index (Phi) is 4.83. The molecule has 0 saturated heterocycles. The van der Waals surface area contributed by atoms with Crippen LogP contribution in [0, 0.1) is 11.7 Å². The summed E-state index contributed by atoms with van der Waals surface area (Å²) in [6.45, 7) is 5.27. The van der Waals surface area contributed by atoms with E-state index in [1.54, 1.807) is 29.8 Å². The minimum absolute atomic E-state index is 0.205. The molecule has 0 N–H and O–H groups in total. The predicted molar refractivity (Wildman–Crippen MR) is 87.5 cm³/mol. The summed E-state index contributed by atoms with van der Waals surface area (Å²) in [4.78, 5) is 12.4. The number of carbonyl (C=O) groups is 1. The number of aromatic nitrogens is 2. The fourth-order valence-corrected chi connectivity index (χ4v) is 3.02. The highest BCUT2D eigenvalue weighted by Crippen LogP contribution is 2.35. The van der Waals surface area contributed by atoms with Gasteiger partial charge in [0.25, 0.3) is 0 Å². The topological polar surface area (TPSA) is 53.4 Å². The number of rotatable bonds is 5. The minimum atomic E-state index is -0.536. The Labute approximate surface area is 140 Å². The van der Waals surface area contributed by atoms with E-state index in [9.17, 15) is 9.18 Å². The molecule has 1 aliphatic heterocycles. The third-order valence-corrected chi connectivity index (χ3v) is 4.10. The Bertz CT molecular complexity index is 742. The SMILES string of the molecule is CCCC1COc2c(C(=O)OCC)c(-c3ccccc3F)nn2C1. The van der Waals surface area contributed by atoms with Crippen LogP contribution in [0.25, 0.3) is 11.3 Å². The summed E-state index contributed by atoms with van der Waals surface area (Å²) in [6, 6.07) is 6.28. The predicted octanol–water partition coefficient (Wildman–Crippen LogP) is 3.67. The summed E-state index contributed by atoms with van der Waals surface area (Å²) >= 11 is 0. The van der Waals surface area contributed by atoms with E-state index in [0.29, 0.717) is 24.9 Å². The van der Waals surface area contributed by atoms with E-state index in [1.807, 2.05) is 0 Å². The lowest BCUT2D eigenvalue weighted by molar-refractivity contribution is 0.0517. The van der Waals surface area contributed by atoms with Crippen molar-refractivity contribution in [2.24, 2.45) is 5.92 Å². The van der Waals surface area contributed by atoms with Crippen molar-refractivity contribution in [3.8, 4) is 17.1 Å². The molecule has 2 aromatic rings. The van der Waals surface area contributed by atoms with Gasteiger partial charge in [-0.3, -0.25) is 0 Å². The molecule has 1 aliphatic rings. The monoisotopic (exact) mass is 332 g/mol. The molecule has 5 nitrogen and oxygen atoms in total. The second kappa shape index (κ2) is 7.03. The van der Waals surface area contributed by atoms with Gasteiger partial charge in [-0.15, -0.1) is 0 Å². The third kappa shape index (κ3) is 3.00. The number of halogens is 1. The number of nitrogens with zero attached hydrogens (tertiary/aromatic N) is 2. The molecule has 3 rings (SSSR count). The largest absolute Gasteiger partial charge is 0.477 e. The first-order valence-electron chi connectivity index (χ1n) is 8.31. The number of hydrogen-bond acceptors (Lipinski definition) is 4. The fraction of sp³-hybridized carbons (Fsp3) is 0.444. The average Bonchev–Trinajstić information content (AvgIpc) is 2.94. The molecule has 24 heavy (non-hydrogen) atoms. The van der Waals surface area contributed by atoms with Crippen LogP contribution in [-0.4, -0.2) is 29.0 Å².